The zero-order valence-electron chi connectivity index (χ0n) is 19.9. The second-order valence-corrected chi connectivity index (χ2v) is 16.6. The highest BCUT2D eigenvalue weighted by molar-refractivity contribution is 7.86. The zero-order valence-corrected chi connectivity index (χ0v) is 21.7. The van der Waals surface area contributed by atoms with Gasteiger partial charge in [-0.2, -0.15) is 0 Å². The molecule has 5 rings (SSSR count). The Morgan fingerprint density at radius 3 is 1.34 bits per heavy atom. The van der Waals surface area contributed by atoms with E-state index >= 15 is 0 Å². The van der Waals surface area contributed by atoms with Gasteiger partial charge in [0.05, 0.1) is 0 Å². The third-order valence-electron chi connectivity index (χ3n) is 8.52. The fraction of sp³-hybridized carbons (Fsp3) is 0.600. The molecule has 0 amide bonds. The van der Waals surface area contributed by atoms with Crippen LogP contribution in [-0.4, -0.2) is 16.2 Å². The molecule has 0 atom stereocenters. The van der Waals surface area contributed by atoms with Crippen molar-refractivity contribution in [2.24, 2.45) is 0 Å². The first-order chi connectivity index (χ1) is 15.9. The van der Waals surface area contributed by atoms with Crippen molar-refractivity contribution >= 4 is 26.5 Å². The van der Waals surface area contributed by atoms with Crippen LogP contribution in [0, 0.1) is 0 Å². The van der Waals surface area contributed by atoms with Crippen molar-refractivity contribution in [3.05, 3.63) is 60.7 Å². The molecule has 3 fully saturated rings. The maximum atomic E-state index is 2.49. The van der Waals surface area contributed by atoms with E-state index in [4.69, 9.17) is 0 Å². The van der Waals surface area contributed by atoms with Crippen molar-refractivity contribution in [1.29, 1.82) is 0 Å². The van der Waals surface area contributed by atoms with Crippen molar-refractivity contribution in [2.45, 2.75) is 113 Å². The molecule has 2 heteroatoms. The Kier molecular flexibility index (Phi) is 8.04. The van der Waals surface area contributed by atoms with Crippen LogP contribution < -0.4 is 10.6 Å². The van der Waals surface area contributed by atoms with Crippen molar-refractivity contribution in [3.63, 3.8) is 0 Å². The Hall–Kier alpha value is -0.700. The van der Waals surface area contributed by atoms with Gasteiger partial charge in [-0.1, -0.05) is 126 Å². The molecule has 0 aliphatic heterocycles. The summed E-state index contributed by atoms with van der Waals surface area (Å²) >= 11 is 0. The van der Waals surface area contributed by atoms with E-state index in [1.807, 2.05) is 0 Å². The van der Waals surface area contributed by atoms with Gasteiger partial charge < -0.3 is 0 Å². The summed E-state index contributed by atoms with van der Waals surface area (Å²) in [6.07, 6.45) is 22.5. The third kappa shape index (κ3) is 4.89. The van der Waals surface area contributed by atoms with Gasteiger partial charge in [-0.3, -0.25) is 0 Å². The van der Waals surface area contributed by atoms with Crippen molar-refractivity contribution in [1.82, 2.24) is 0 Å². The zero-order chi connectivity index (χ0) is 21.6. The summed E-state index contributed by atoms with van der Waals surface area (Å²) < 4.78 is 0. The van der Waals surface area contributed by atoms with E-state index in [1.165, 1.54) is 96.3 Å². The van der Waals surface area contributed by atoms with Crippen LogP contribution in [0.5, 0.6) is 0 Å². The Balaban J connectivity index is 1.65. The van der Waals surface area contributed by atoms with Crippen LogP contribution in [0.1, 0.15) is 96.3 Å². The highest BCUT2D eigenvalue weighted by Gasteiger charge is 2.51. The average molecular weight is 465 g/mol. The summed E-state index contributed by atoms with van der Waals surface area (Å²) in [6, 6.07) is 23.7. The van der Waals surface area contributed by atoms with Gasteiger partial charge in [0.2, 0.25) is 0 Å². The quantitative estimate of drug-likeness (QED) is 0.374. The molecule has 0 aromatic heterocycles. The predicted octanol–water partition coefficient (Wildman–Crippen LogP) is 8.93. The maximum Gasteiger partial charge on any atom is 0.0191 e. The van der Waals surface area contributed by atoms with Gasteiger partial charge in [0.15, 0.2) is 0 Å². The lowest BCUT2D eigenvalue weighted by Crippen LogP contribution is -2.41. The number of benzene rings is 2. The van der Waals surface area contributed by atoms with Gasteiger partial charge in [-0.05, 0) is 68.4 Å². The van der Waals surface area contributed by atoms with Gasteiger partial charge in [0.25, 0.3) is 0 Å². The van der Waals surface area contributed by atoms with E-state index in [0.29, 0.717) is 4.90 Å². The van der Waals surface area contributed by atoms with Crippen LogP contribution in [0.25, 0.3) is 0 Å². The number of hydrogen-bond acceptors (Lipinski definition) is 0. The third-order valence-corrected chi connectivity index (χ3v) is 16.7. The van der Waals surface area contributed by atoms with E-state index in [0.717, 1.165) is 11.3 Å². The second-order valence-electron chi connectivity index (χ2n) is 10.5. The molecule has 0 N–H and O–H groups in total. The molecule has 32 heavy (non-hydrogen) atoms. The maximum absolute atomic E-state index is 2.49. The molecule has 3 aliphatic rings. The largest absolute Gasteiger partial charge is 0.0889 e. The fourth-order valence-electron chi connectivity index (χ4n) is 7.20. The molecule has 2 aromatic carbocycles. The fourth-order valence-corrected chi connectivity index (χ4v) is 17.4. The molecule has 0 radical (unpaired) electrons. The van der Waals surface area contributed by atoms with Crippen molar-refractivity contribution in [3.8, 4) is 0 Å². The highest BCUT2D eigenvalue weighted by atomic mass is 31.2. The summed E-state index contributed by atoms with van der Waals surface area (Å²) in [5.41, 5.74) is 2.08. The van der Waals surface area contributed by atoms with Crippen LogP contribution >= 0.6 is 15.8 Å². The number of hydrogen-bond donors (Lipinski definition) is 0. The minimum Gasteiger partial charge on any atom is -0.0889 e. The lowest BCUT2D eigenvalue weighted by molar-refractivity contribution is 0.444. The molecule has 0 heterocycles. The van der Waals surface area contributed by atoms with Crippen LogP contribution in [0.2, 0.25) is 0 Å². The molecule has 0 spiro atoms. The summed E-state index contributed by atoms with van der Waals surface area (Å²) in [5.74, 6) is 0. The lowest BCUT2D eigenvalue weighted by Gasteiger charge is -2.56. The normalized spacial score (nSPS) is 22.9. The molecule has 3 aliphatic carbocycles. The first kappa shape index (κ1) is 23.1. The van der Waals surface area contributed by atoms with Gasteiger partial charge in [-0.15, -0.1) is 0 Å². The Bertz CT molecular complexity index is 742. The average Bonchev–Trinajstić information content (AvgIpc) is 2.88. The Morgan fingerprint density at radius 2 is 0.906 bits per heavy atom. The van der Waals surface area contributed by atoms with Crippen LogP contribution in [0.4, 0.5) is 0 Å². The molecule has 0 unspecified atom stereocenters. The molecule has 0 saturated heterocycles. The minimum atomic E-state index is -0.313. The summed E-state index contributed by atoms with van der Waals surface area (Å²) in [4.78, 5) is 0.565. The topological polar surface area (TPSA) is 0 Å². The number of rotatable bonds is 6. The van der Waals surface area contributed by atoms with Crippen molar-refractivity contribution < 1.29 is 0 Å². The van der Waals surface area contributed by atoms with E-state index in [9.17, 15) is 0 Å². The van der Waals surface area contributed by atoms with E-state index in [2.05, 4.69) is 60.7 Å². The van der Waals surface area contributed by atoms with Gasteiger partial charge in [-0.25, -0.2) is 0 Å². The van der Waals surface area contributed by atoms with Crippen LogP contribution in [0.15, 0.2) is 60.7 Å². The van der Waals surface area contributed by atoms with E-state index < -0.39 is 0 Å². The SMILES string of the molecule is c1ccc(P(c2ccccc2)C2(P(C3CCCCC3)C3CCCCC3)CCCCC2)cc1. The predicted molar refractivity (Wildman–Crippen MR) is 146 cm³/mol. The molecule has 2 aromatic rings. The molecule has 0 bridgehead atoms. The second kappa shape index (κ2) is 11.2. The smallest absolute Gasteiger partial charge is 0.0191 e. The van der Waals surface area contributed by atoms with E-state index in [1.54, 1.807) is 10.6 Å². The molecule has 0 nitrogen and oxygen atoms in total. The molecule has 3 saturated carbocycles. The van der Waals surface area contributed by atoms with Crippen LogP contribution in [0.3, 0.4) is 0 Å². The standard InChI is InChI=1S/C30H42P2/c1-6-16-26(17-7-1)31(27-18-8-2-9-19-27)30(24-14-5-15-25-30)32(28-20-10-3-11-21-28)29-22-12-4-13-23-29/h1-2,6-9,16-19,28-29H,3-5,10-15,20-25H2. The summed E-state index contributed by atoms with van der Waals surface area (Å²) in [5, 5.41) is 3.32. The minimum absolute atomic E-state index is 0.0428. The Labute approximate surface area is 199 Å². The van der Waals surface area contributed by atoms with Gasteiger partial charge in [0.1, 0.15) is 0 Å². The monoisotopic (exact) mass is 464 g/mol. The lowest BCUT2D eigenvalue weighted by atomic mass is 9.98. The van der Waals surface area contributed by atoms with Gasteiger partial charge in [0, 0.05) is 4.90 Å². The summed E-state index contributed by atoms with van der Waals surface area (Å²) in [6.45, 7) is 0. The molecular weight excluding hydrogens is 422 g/mol. The molecule has 172 valence electrons. The Morgan fingerprint density at radius 1 is 0.500 bits per heavy atom. The van der Waals surface area contributed by atoms with Crippen molar-refractivity contribution in [2.75, 3.05) is 0 Å². The first-order valence-corrected chi connectivity index (χ1v) is 16.4. The van der Waals surface area contributed by atoms with Crippen LogP contribution in [-0.2, 0) is 0 Å². The molecular formula is C30H42P2. The first-order valence-electron chi connectivity index (χ1n) is 13.6. The highest BCUT2D eigenvalue weighted by Crippen LogP contribution is 2.77. The summed E-state index contributed by atoms with van der Waals surface area (Å²) in [7, 11) is -0.271. The van der Waals surface area contributed by atoms with Gasteiger partial charge >= 0.3 is 0 Å². The van der Waals surface area contributed by atoms with E-state index in [-0.39, 0.29) is 15.8 Å².